The topological polar surface area (TPSA) is 89.8 Å². The maximum Gasteiger partial charge on any atom is 0.249 e. The summed E-state index contributed by atoms with van der Waals surface area (Å²) in [4.78, 5) is 12.3. The van der Waals surface area contributed by atoms with Crippen LogP contribution in [-0.2, 0) is 4.79 Å². The second-order valence-corrected chi connectivity index (χ2v) is 10.6. The average molecular weight is 560 g/mol. The number of hydrogen-bond acceptors (Lipinski definition) is 4. The number of hydrogen-bond donors (Lipinski definition) is 4. The largest absolute Gasteiger partial charge is 0.394 e. The molecule has 0 fully saturated rings. The van der Waals surface area contributed by atoms with Gasteiger partial charge >= 0.3 is 0 Å². The summed E-state index contributed by atoms with van der Waals surface area (Å²) in [5.74, 6) is -0.533. The molecule has 5 heteroatoms. The standard InChI is InChI=1S/C35H61NO4/c1-3-5-7-9-11-13-15-16-17-18-19-20-22-24-26-28-30-34(39)35(40)36-32(31-37)33(38)29-27-25-23-21-14-12-10-8-6-4-2/h6,8,11,13-14,16-17,21,27,29,32-34,37-39H,3-5,7,9-10,12,15,18-20,22-26,28,30-31H2,1-2H3,(H,36,40)/b8-6+,13-11-,17-16-,21-14+,29-27+. The molecule has 0 spiro atoms. The third-order valence-corrected chi connectivity index (χ3v) is 6.82. The highest BCUT2D eigenvalue weighted by Gasteiger charge is 2.22. The Labute approximate surface area is 246 Å². The van der Waals surface area contributed by atoms with Gasteiger partial charge in [0, 0.05) is 0 Å². The number of amides is 1. The lowest BCUT2D eigenvalue weighted by Crippen LogP contribution is -2.48. The lowest BCUT2D eigenvalue weighted by Gasteiger charge is -2.21. The second kappa shape index (κ2) is 30.0. The SMILES string of the molecule is CC/C=C/CC/C=C/CC/C=C/C(O)C(CO)NC(=O)C(O)CCCCCCCC/C=C\C/C=C\CCCCC. The summed E-state index contributed by atoms with van der Waals surface area (Å²) in [5, 5.41) is 32.7. The number of carbonyl (C=O) groups is 1. The predicted octanol–water partition coefficient (Wildman–Crippen LogP) is 8.03. The van der Waals surface area contributed by atoms with E-state index in [1.54, 1.807) is 6.08 Å². The lowest BCUT2D eigenvalue weighted by atomic mass is 10.0. The van der Waals surface area contributed by atoms with Crippen molar-refractivity contribution < 1.29 is 20.1 Å². The minimum atomic E-state index is -1.12. The van der Waals surface area contributed by atoms with Crippen LogP contribution in [0.3, 0.4) is 0 Å². The summed E-state index contributed by atoms with van der Waals surface area (Å²) in [6.07, 6.45) is 38.0. The van der Waals surface area contributed by atoms with Crippen LogP contribution in [0.25, 0.3) is 0 Å². The Hall–Kier alpha value is -1.95. The highest BCUT2D eigenvalue weighted by atomic mass is 16.3. The molecule has 5 nitrogen and oxygen atoms in total. The first-order valence-electron chi connectivity index (χ1n) is 16.1. The van der Waals surface area contributed by atoms with Crippen molar-refractivity contribution in [1.29, 1.82) is 0 Å². The number of unbranched alkanes of at least 4 members (excludes halogenated alkanes) is 11. The number of aliphatic hydroxyl groups is 3. The van der Waals surface area contributed by atoms with Crippen molar-refractivity contribution in [3.63, 3.8) is 0 Å². The van der Waals surface area contributed by atoms with Gasteiger partial charge in [-0.05, 0) is 70.6 Å². The molecule has 0 aliphatic rings. The Morgan fingerprint density at radius 2 is 1.18 bits per heavy atom. The number of aliphatic hydroxyl groups excluding tert-OH is 3. The highest BCUT2D eigenvalue weighted by molar-refractivity contribution is 5.80. The Kier molecular flexibility index (Phi) is 28.6. The number of rotatable bonds is 27. The molecule has 0 aromatic carbocycles. The molecule has 1 amide bonds. The smallest absolute Gasteiger partial charge is 0.249 e. The minimum absolute atomic E-state index is 0.389. The summed E-state index contributed by atoms with van der Waals surface area (Å²) >= 11 is 0. The Morgan fingerprint density at radius 3 is 1.77 bits per heavy atom. The molecule has 0 saturated carbocycles. The van der Waals surface area contributed by atoms with E-state index in [1.165, 1.54) is 44.9 Å². The summed E-state index contributed by atoms with van der Waals surface area (Å²) in [5.41, 5.74) is 0. The van der Waals surface area contributed by atoms with Crippen LogP contribution < -0.4 is 5.32 Å². The summed E-state index contributed by atoms with van der Waals surface area (Å²) in [6.45, 7) is 3.97. The van der Waals surface area contributed by atoms with Gasteiger partial charge in [0.05, 0.1) is 18.8 Å². The van der Waals surface area contributed by atoms with E-state index in [2.05, 4.69) is 67.8 Å². The molecular formula is C35H61NO4. The third kappa shape index (κ3) is 25.0. The van der Waals surface area contributed by atoms with Gasteiger partial charge in [0.15, 0.2) is 0 Å². The molecule has 0 aromatic rings. The van der Waals surface area contributed by atoms with E-state index in [1.807, 2.05) is 6.08 Å². The van der Waals surface area contributed by atoms with Gasteiger partial charge in [-0.2, -0.15) is 0 Å². The molecule has 0 rings (SSSR count). The summed E-state index contributed by atoms with van der Waals surface area (Å²) in [7, 11) is 0. The van der Waals surface area contributed by atoms with Crippen LogP contribution in [0.15, 0.2) is 60.8 Å². The van der Waals surface area contributed by atoms with Gasteiger partial charge in [-0.15, -0.1) is 0 Å². The van der Waals surface area contributed by atoms with E-state index in [0.717, 1.165) is 64.2 Å². The zero-order chi connectivity index (χ0) is 29.5. The molecule has 4 N–H and O–H groups in total. The van der Waals surface area contributed by atoms with E-state index >= 15 is 0 Å². The lowest BCUT2D eigenvalue weighted by molar-refractivity contribution is -0.131. The molecule has 0 aliphatic carbocycles. The van der Waals surface area contributed by atoms with Crippen molar-refractivity contribution in [2.75, 3.05) is 6.61 Å². The fourth-order valence-electron chi connectivity index (χ4n) is 4.25. The van der Waals surface area contributed by atoms with Crippen molar-refractivity contribution in [3.8, 4) is 0 Å². The fourth-order valence-corrected chi connectivity index (χ4v) is 4.25. The van der Waals surface area contributed by atoms with Crippen LogP contribution in [0.4, 0.5) is 0 Å². The van der Waals surface area contributed by atoms with E-state index in [-0.39, 0.29) is 6.61 Å². The van der Waals surface area contributed by atoms with Gasteiger partial charge in [0.2, 0.25) is 5.91 Å². The van der Waals surface area contributed by atoms with E-state index < -0.39 is 24.2 Å². The minimum Gasteiger partial charge on any atom is -0.394 e. The molecule has 0 heterocycles. The molecule has 3 atom stereocenters. The quantitative estimate of drug-likeness (QED) is 0.0606. The molecule has 0 saturated heterocycles. The van der Waals surface area contributed by atoms with Gasteiger partial charge in [0.25, 0.3) is 0 Å². The Bertz CT molecular complexity index is 710. The third-order valence-electron chi connectivity index (χ3n) is 6.82. The zero-order valence-electron chi connectivity index (χ0n) is 25.7. The molecule has 0 bridgehead atoms. The van der Waals surface area contributed by atoms with Gasteiger partial charge in [-0.1, -0.05) is 120 Å². The van der Waals surface area contributed by atoms with E-state index in [9.17, 15) is 20.1 Å². The predicted molar refractivity (Wildman–Crippen MR) is 171 cm³/mol. The normalized spacial score (nSPS) is 14.8. The van der Waals surface area contributed by atoms with Crippen LogP contribution in [0.5, 0.6) is 0 Å². The number of carbonyl (C=O) groups excluding carboxylic acids is 1. The molecule has 40 heavy (non-hydrogen) atoms. The average Bonchev–Trinajstić information content (AvgIpc) is 2.96. The Morgan fingerprint density at radius 1 is 0.650 bits per heavy atom. The van der Waals surface area contributed by atoms with Gasteiger partial charge in [-0.3, -0.25) is 4.79 Å². The number of nitrogens with one attached hydrogen (secondary N) is 1. The summed E-state index contributed by atoms with van der Waals surface area (Å²) in [6, 6.07) is -0.824. The summed E-state index contributed by atoms with van der Waals surface area (Å²) < 4.78 is 0. The van der Waals surface area contributed by atoms with E-state index in [0.29, 0.717) is 6.42 Å². The molecule has 3 unspecified atom stereocenters. The Balaban J connectivity index is 3.88. The zero-order valence-corrected chi connectivity index (χ0v) is 25.7. The maximum absolute atomic E-state index is 12.3. The second-order valence-electron chi connectivity index (χ2n) is 10.6. The van der Waals surface area contributed by atoms with Crippen molar-refractivity contribution in [2.45, 2.75) is 148 Å². The first kappa shape index (κ1) is 38.0. The molecule has 0 aliphatic heterocycles. The first-order valence-corrected chi connectivity index (χ1v) is 16.1. The first-order chi connectivity index (χ1) is 19.6. The maximum atomic E-state index is 12.3. The van der Waals surface area contributed by atoms with Crippen molar-refractivity contribution in [3.05, 3.63) is 60.8 Å². The van der Waals surface area contributed by atoms with Gasteiger partial charge in [-0.25, -0.2) is 0 Å². The molecule has 230 valence electrons. The van der Waals surface area contributed by atoms with Crippen molar-refractivity contribution in [1.82, 2.24) is 5.32 Å². The van der Waals surface area contributed by atoms with Crippen molar-refractivity contribution >= 4 is 5.91 Å². The molecule has 0 aromatic heterocycles. The van der Waals surface area contributed by atoms with Crippen LogP contribution in [0.2, 0.25) is 0 Å². The fraction of sp³-hybridized carbons (Fsp3) is 0.686. The van der Waals surface area contributed by atoms with Crippen LogP contribution in [0, 0.1) is 0 Å². The highest BCUT2D eigenvalue weighted by Crippen LogP contribution is 2.11. The molecular weight excluding hydrogens is 498 g/mol. The van der Waals surface area contributed by atoms with Gasteiger partial charge < -0.3 is 20.6 Å². The van der Waals surface area contributed by atoms with Crippen LogP contribution in [0.1, 0.15) is 129 Å². The van der Waals surface area contributed by atoms with Gasteiger partial charge in [0.1, 0.15) is 6.10 Å². The monoisotopic (exact) mass is 559 g/mol. The molecule has 0 radical (unpaired) electrons. The van der Waals surface area contributed by atoms with Crippen LogP contribution >= 0.6 is 0 Å². The van der Waals surface area contributed by atoms with Crippen molar-refractivity contribution in [2.24, 2.45) is 0 Å². The van der Waals surface area contributed by atoms with E-state index in [4.69, 9.17) is 0 Å². The van der Waals surface area contributed by atoms with Crippen LogP contribution in [-0.4, -0.2) is 46.1 Å². The number of allylic oxidation sites excluding steroid dienone is 9.